The third-order valence-electron chi connectivity index (χ3n) is 4.08. The molecule has 3 N–H and O–H groups in total. The van der Waals surface area contributed by atoms with Crippen LogP contribution in [0.1, 0.15) is 21.3 Å². The molecule has 138 valence electrons. The zero-order valence-electron chi connectivity index (χ0n) is 12.9. The van der Waals surface area contributed by atoms with Gasteiger partial charge < -0.3 is 15.7 Å². The first-order valence-electron chi connectivity index (χ1n) is 7.34. The number of thiophene rings is 1. The highest BCUT2D eigenvalue weighted by Crippen LogP contribution is 2.44. The fraction of sp³-hybridized carbons (Fsp3) is 0.250. The first-order chi connectivity index (χ1) is 12.1. The molecule has 0 spiro atoms. The van der Waals surface area contributed by atoms with Crippen molar-refractivity contribution in [3.05, 3.63) is 56.7 Å². The second kappa shape index (κ2) is 6.91. The van der Waals surface area contributed by atoms with Gasteiger partial charge in [0.05, 0.1) is 10.9 Å². The minimum atomic E-state index is -5.12. The molecule has 0 aliphatic carbocycles. The van der Waals surface area contributed by atoms with Gasteiger partial charge in [-0.1, -0.05) is 34.1 Å². The van der Waals surface area contributed by atoms with Gasteiger partial charge in [0.2, 0.25) is 5.72 Å². The summed E-state index contributed by atoms with van der Waals surface area (Å²) in [6.07, 6.45) is -5.12. The van der Waals surface area contributed by atoms with Crippen LogP contribution in [0.5, 0.6) is 0 Å². The lowest BCUT2D eigenvalue weighted by Crippen LogP contribution is -2.72. The van der Waals surface area contributed by atoms with Crippen LogP contribution in [0.2, 0.25) is 0 Å². The number of thiocarbonyl (C=S) groups is 1. The Kier molecular flexibility index (Phi) is 5.13. The van der Waals surface area contributed by atoms with E-state index in [0.29, 0.717) is 5.56 Å². The van der Waals surface area contributed by atoms with E-state index in [4.69, 9.17) is 12.2 Å². The Bertz CT molecular complexity index is 827. The van der Waals surface area contributed by atoms with E-state index in [0.717, 1.165) is 15.8 Å². The van der Waals surface area contributed by atoms with Gasteiger partial charge in [0.15, 0.2) is 10.9 Å². The molecule has 0 saturated carbocycles. The predicted octanol–water partition coefficient (Wildman–Crippen LogP) is 3.78. The minimum absolute atomic E-state index is 0.121. The van der Waals surface area contributed by atoms with Crippen LogP contribution in [0.15, 0.2) is 46.3 Å². The van der Waals surface area contributed by atoms with E-state index in [2.05, 4.69) is 21.2 Å². The first-order valence-corrected chi connectivity index (χ1v) is 9.42. The molecule has 2 aromatic rings. The Balaban J connectivity index is 2.14. The van der Waals surface area contributed by atoms with Crippen LogP contribution in [0, 0.1) is 5.92 Å². The Morgan fingerprint density at radius 3 is 2.46 bits per heavy atom. The lowest BCUT2D eigenvalue weighted by atomic mass is 9.79. The number of alkyl halides is 3. The van der Waals surface area contributed by atoms with E-state index in [1.807, 2.05) is 5.32 Å². The molecule has 1 aliphatic rings. The summed E-state index contributed by atoms with van der Waals surface area (Å²) in [7, 11) is 0. The van der Waals surface area contributed by atoms with E-state index in [9.17, 15) is 23.1 Å². The van der Waals surface area contributed by atoms with Crippen molar-refractivity contribution < 1.29 is 23.1 Å². The van der Waals surface area contributed by atoms with Gasteiger partial charge in [0, 0.05) is 4.47 Å². The third kappa shape index (κ3) is 3.38. The summed E-state index contributed by atoms with van der Waals surface area (Å²) in [4.78, 5) is 13.0. The Morgan fingerprint density at radius 1 is 1.27 bits per heavy atom. The average Bonchev–Trinajstić information content (AvgIpc) is 3.08. The number of carbonyl (C=O) groups excluding carboxylic acids is 1. The predicted molar refractivity (Wildman–Crippen MR) is 98.9 cm³/mol. The highest BCUT2D eigenvalue weighted by molar-refractivity contribution is 9.10. The van der Waals surface area contributed by atoms with Crippen LogP contribution in [0.4, 0.5) is 13.2 Å². The summed E-state index contributed by atoms with van der Waals surface area (Å²) in [5.74, 6) is -2.69. The zero-order chi connectivity index (χ0) is 19.1. The highest BCUT2D eigenvalue weighted by atomic mass is 79.9. The molecule has 10 heteroatoms. The van der Waals surface area contributed by atoms with Crippen LogP contribution >= 0.6 is 39.5 Å². The number of carbonyl (C=O) groups is 1. The van der Waals surface area contributed by atoms with Crippen LogP contribution in [0.3, 0.4) is 0 Å². The molecular formula is C16H12BrF3N2O2S2. The molecular weight excluding hydrogens is 453 g/mol. The molecule has 0 amide bonds. The van der Waals surface area contributed by atoms with Crippen LogP contribution in [-0.4, -0.2) is 27.9 Å². The molecule has 1 aliphatic heterocycles. The van der Waals surface area contributed by atoms with Crippen LogP contribution in [-0.2, 0) is 0 Å². The number of halogens is 4. The molecule has 3 rings (SSSR count). The maximum Gasteiger partial charge on any atom is 0.437 e. The Morgan fingerprint density at radius 2 is 1.92 bits per heavy atom. The number of rotatable bonds is 3. The van der Waals surface area contributed by atoms with Crippen molar-refractivity contribution in [1.82, 2.24) is 10.6 Å². The van der Waals surface area contributed by atoms with Gasteiger partial charge in [0.25, 0.3) is 0 Å². The molecule has 26 heavy (non-hydrogen) atoms. The normalized spacial score (nSPS) is 26.1. The number of nitrogens with one attached hydrogen (secondary N) is 2. The number of hydrogen-bond acceptors (Lipinski definition) is 4. The molecule has 1 aromatic heterocycles. The third-order valence-corrected chi connectivity index (χ3v) is 5.71. The summed E-state index contributed by atoms with van der Waals surface area (Å²) in [6.45, 7) is 0. The van der Waals surface area contributed by atoms with Gasteiger partial charge in [-0.15, -0.1) is 11.3 Å². The first kappa shape index (κ1) is 19.3. The van der Waals surface area contributed by atoms with E-state index < -0.39 is 29.6 Å². The molecule has 0 bridgehead atoms. The number of ketones is 1. The summed E-state index contributed by atoms with van der Waals surface area (Å²) >= 11 is 9.14. The van der Waals surface area contributed by atoms with Gasteiger partial charge in [-0.3, -0.25) is 4.79 Å². The number of Topliss-reactive ketones (excluding diaryl/α,β-unsaturated/α-hetero) is 1. The molecule has 0 radical (unpaired) electrons. The number of aliphatic hydroxyl groups is 1. The molecule has 2 heterocycles. The van der Waals surface area contributed by atoms with Crippen molar-refractivity contribution >= 4 is 50.4 Å². The molecule has 3 atom stereocenters. The van der Waals surface area contributed by atoms with E-state index in [1.165, 1.54) is 6.07 Å². The number of hydrogen-bond donors (Lipinski definition) is 3. The summed E-state index contributed by atoms with van der Waals surface area (Å²) in [6, 6.07) is 8.26. The van der Waals surface area contributed by atoms with Gasteiger partial charge in [-0.25, -0.2) is 0 Å². The Labute approximate surface area is 164 Å². The van der Waals surface area contributed by atoms with Crippen molar-refractivity contribution in [2.75, 3.05) is 0 Å². The van der Waals surface area contributed by atoms with Gasteiger partial charge >= 0.3 is 6.18 Å². The van der Waals surface area contributed by atoms with Gasteiger partial charge in [-0.05, 0) is 41.4 Å². The van der Waals surface area contributed by atoms with Crippen molar-refractivity contribution in [1.29, 1.82) is 0 Å². The molecule has 1 fully saturated rings. The van der Waals surface area contributed by atoms with Crippen molar-refractivity contribution in [2.45, 2.75) is 17.9 Å². The van der Waals surface area contributed by atoms with Gasteiger partial charge in [0.1, 0.15) is 5.92 Å². The lowest BCUT2D eigenvalue weighted by Gasteiger charge is -2.46. The fourth-order valence-electron chi connectivity index (χ4n) is 2.86. The SMILES string of the molecule is O=C(c1cccs1)[C@H]1[C@@H](c2ccc(Br)cc2)NC(=S)N[C@]1(O)C(F)(F)F. The maximum atomic E-state index is 13.7. The Hall–Kier alpha value is -1.49. The zero-order valence-corrected chi connectivity index (χ0v) is 16.1. The quantitative estimate of drug-likeness (QED) is 0.476. The average molecular weight is 465 g/mol. The summed E-state index contributed by atoms with van der Waals surface area (Å²) in [5, 5.41) is 16.3. The van der Waals surface area contributed by atoms with E-state index in [-0.39, 0.29) is 9.99 Å². The lowest BCUT2D eigenvalue weighted by molar-refractivity contribution is -0.285. The minimum Gasteiger partial charge on any atom is -0.363 e. The maximum absolute atomic E-state index is 13.7. The second-order valence-electron chi connectivity index (χ2n) is 5.71. The van der Waals surface area contributed by atoms with Crippen LogP contribution in [0.25, 0.3) is 0 Å². The molecule has 4 nitrogen and oxygen atoms in total. The molecule has 0 unspecified atom stereocenters. The molecule has 1 saturated heterocycles. The van der Waals surface area contributed by atoms with Gasteiger partial charge in [-0.2, -0.15) is 13.2 Å². The van der Waals surface area contributed by atoms with Crippen molar-refractivity contribution in [2.24, 2.45) is 5.92 Å². The topological polar surface area (TPSA) is 61.4 Å². The van der Waals surface area contributed by atoms with E-state index in [1.54, 1.807) is 35.7 Å². The summed E-state index contributed by atoms with van der Waals surface area (Å²) < 4.78 is 42.0. The largest absolute Gasteiger partial charge is 0.437 e. The van der Waals surface area contributed by atoms with Crippen molar-refractivity contribution in [3.8, 4) is 0 Å². The number of benzene rings is 1. The van der Waals surface area contributed by atoms with E-state index >= 15 is 0 Å². The highest BCUT2D eigenvalue weighted by Gasteiger charge is 2.65. The summed E-state index contributed by atoms with van der Waals surface area (Å²) in [5.41, 5.74) is -3.09. The fourth-order valence-corrected chi connectivity index (χ4v) is 4.11. The molecule has 1 aromatic carbocycles. The monoisotopic (exact) mass is 464 g/mol. The smallest absolute Gasteiger partial charge is 0.363 e. The van der Waals surface area contributed by atoms with Crippen molar-refractivity contribution in [3.63, 3.8) is 0 Å². The standard InChI is InChI=1S/C16H12BrF3N2O2S2/c17-9-5-3-8(4-6-9)12-11(13(23)10-2-1-7-26-10)15(24,16(18,19)20)22-14(25)21-12/h1-7,11-12,24H,(H2,21,22,25)/t11-,12-,15-/m1/s1. The second-order valence-corrected chi connectivity index (χ2v) is 7.98. The van der Waals surface area contributed by atoms with Crippen LogP contribution < -0.4 is 10.6 Å².